The van der Waals surface area contributed by atoms with Gasteiger partial charge in [0.1, 0.15) is 0 Å². The number of ether oxygens (including phenoxy) is 2. The average Bonchev–Trinajstić information content (AvgIpc) is 2.43. The Hall–Kier alpha value is -0.500. The Bertz CT molecular complexity index is 199. The number of likely N-dealkylation sites (N-methyl/N-ethyl adjacent to an activating group) is 1. The van der Waals surface area contributed by atoms with Crippen LogP contribution in [0.2, 0.25) is 0 Å². The summed E-state index contributed by atoms with van der Waals surface area (Å²) in [6, 6.07) is -0.155. The van der Waals surface area contributed by atoms with Crippen molar-refractivity contribution in [3.05, 3.63) is 0 Å². The number of hydrogen-bond acceptors (Lipinski definition) is 4. The second-order valence-corrected chi connectivity index (χ2v) is 3.36. The first-order valence-electron chi connectivity index (χ1n) is 7.19. The van der Waals surface area contributed by atoms with Crippen molar-refractivity contribution in [1.82, 2.24) is 16.0 Å². The molecule has 0 radical (unpaired) electrons. The Labute approximate surface area is 135 Å². The minimum Gasteiger partial charge on any atom is -0.378 e. The summed E-state index contributed by atoms with van der Waals surface area (Å²) in [5.74, 6) is 0. The van der Waals surface area contributed by atoms with Crippen LogP contribution in [0, 0.1) is 0 Å². The molecular formula is C13H39N3O3S. The maximum atomic E-state index is 11.0. The lowest BCUT2D eigenvalue weighted by molar-refractivity contribution is 0.0506. The zero-order valence-corrected chi connectivity index (χ0v) is 14.4. The predicted molar refractivity (Wildman–Crippen MR) is 95.3 cm³/mol. The van der Waals surface area contributed by atoms with E-state index in [1.807, 2.05) is 20.8 Å². The summed E-state index contributed by atoms with van der Waals surface area (Å²) in [4.78, 5) is 11.0. The van der Waals surface area contributed by atoms with Crippen LogP contribution in [-0.4, -0.2) is 58.6 Å². The van der Waals surface area contributed by atoms with Crippen LogP contribution in [0.3, 0.4) is 0 Å². The van der Waals surface area contributed by atoms with Crippen LogP contribution in [0.4, 0.5) is 4.79 Å². The molecule has 6 nitrogen and oxygen atoms in total. The molecule has 0 aliphatic rings. The minimum absolute atomic E-state index is 0. The Morgan fingerprint density at radius 2 is 1.45 bits per heavy atom. The number of amides is 2. The Morgan fingerprint density at radius 3 is 1.95 bits per heavy atom. The molecule has 0 aromatic heterocycles. The van der Waals surface area contributed by atoms with Gasteiger partial charge >= 0.3 is 6.03 Å². The van der Waals surface area contributed by atoms with Gasteiger partial charge in [-0.3, -0.25) is 0 Å². The second kappa shape index (κ2) is 23.6. The van der Waals surface area contributed by atoms with Crippen LogP contribution in [0.25, 0.3) is 0 Å². The molecule has 0 aliphatic carbocycles. The standard InChI is InChI=1S/C11H25N3O3.C2H6.H2S.3H2/c1-3-12-5-7-16-9-10-17-8-6-14-11(15)13-4-2;1-2;;;;/h12H,3-10H2,1-2H3,(H2,13,14,15);1-2H3;1H2;3*1H. The Kier molecular flexibility index (Phi) is 28.9. The van der Waals surface area contributed by atoms with Gasteiger partial charge in [-0.05, 0) is 13.5 Å². The monoisotopic (exact) mass is 317 g/mol. The topological polar surface area (TPSA) is 71.6 Å². The zero-order valence-electron chi connectivity index (χ0n) is 13.4. The first-order valence-corrected chi connectivity index (χ1v) is 7.19. The maximum absolute atomic E-state index is 11.0. The third kappa shape index (κ3) is 22.7. The van der Waals surface area contributed by atoms with Gasteiger partial charge in [-0.1, -0.05) is 20.8 Å². The van der Waals surface area contributed by atoms with Crippen molar-refractivity contribution < 1.29 is 18.5 Å². The normalized spacial score (nSPS) is 9.00. The molecule has 130 valence electrons. The van der Waals surface area contributed by atoms with Crippen molar-refractivity contribution >= 4 is 19.5 Å². The second-order valence-electron chi connectivity index (χ2n) is 3.36. The highest BCUT2D eigenvalue weighted by Gasteiger charge is 1.95. The molecule has 0 saturated heterocycles. The fraction of sp³-hybridized carbons (Fsp3) is 0.923. The lowest BCUT2D eigenvalue weighted by atomic mass is 10.6. The van der Waals surface area contributed by atoms with Crippen LogP contribution < -0.4 is 16.0 Å². The molecular weight excluding hydrogens is 278 g/mol. The molecule has 0 unspecified atom stereocenters. The first kappa shape index (κ1) is 24.5. The fourth-order valence-electron chi connectivity index (χ4n) is 1.10. The SMILES string of the molecule is CC.CCNCCOCCOCCNC(=O)NCC.S.[HH].[HH].[HH]. The van der Waals surface area contributed by atoms with Crippen LogP contribution in [0.5, 0.6) is 0 Å². The molecule has 7 heteroatoms. The van der Waals surface area contributed by atoms with E-state index in [2.05, 4.69) is 22.9 Å². The van der Waals surface area contributed by atoms with Crippen molar-refractivity contribution in [3.8, 4) is 0 Å². The number of carbonyl (C=O) groups is 1. The van der Waals surface area contributed by atoms with Gasteiger partial charge in [-0.2, -0.15) is 13.5 Å². The maximum Gasteiger partial charge on any atom is 0.314 e. The number of carbonyl (C=O) groups excluding carboxylic acids is 1. The lowest BCUT2D eigenvalue weighted by Gasteiger charge is -2.07. The lowest BCUT2D eigenvalue weighted by Crippen LogP contribution is -2.37. The summed E-state index contributed by atoms with van der Waals surface area (Å²) >= 11 is 0. The highest BCUT2D eigenvalue weighted by Crippen LogP contribution is 1.78. The third-order valence-electron chi connectivity index (χ3n) is 1.91. The van der Waals surface area contributed by atoms with E-state index in [1.54, 1.807) is 0 Å². The fourth-order valence-corrected chi connectivity index (χ4v) is 1.10. The van der Waals surface area contributed by atoms with E-state index in [1.165, 1.54) is 0 Å². The number of nitrogens with one attached hydrogen (secondary N) is 3. The van der Waals surface area contributed by atoms with E-state index in [9.17, 15) is 4.79 Å². The van der Waals surface area contributed by atoms with Crippen molar-refractivity contribution in [2.24, 2.45) is 0 Å². The van der Waals surface area contributed by atoms with Gasteiger partial charge in [0.15, 0.2) is 0 Å². The quantitative estimate of drug-likeness (QED) is 0.508. The molecule has 0 aliphatic heterocycles. The predicted octanol–water partition coefficient (Wildman–Crippen LogP) is 1.83. The van der Waals surface area contributed by atoms with Crippen molar-refractivity contribution in [3.63, 3.8) is 0 Å². The van der Waals surface area contributed by atoms with Crippen LogP contribution in [-0.2, 0) is 9.47 Å². The smallest absolute Gasteiger partial charge is 0.314 e. The molecule has 0 fully saturated rings. The molecule has 0 spiro atoms. The summed E-state index contributed by atoms with van der Waals surface area (Å²) in [6.45, 7) is 13.3. The number of urea groups is 1. The molecule has 0 saturated carbocycles. The van der Waals surface area contributed by atoms with Gasteiger partial charge in [-0.15, -0.1) is 0 Å². The van der Waals surface area contributed by atoms with Crippen molar-refractivity contribution in [1.29, 1.82) is 0 Å². The highest BCUT2D eigenvalue weighted by molar-refractivity contribution is 7.59. The van der Waals surface area contributed by atoms with Gasteiger partial charge in [0.2, 0.25) is 0 Å². The van der Waals surface area contributed by atoms with E-state index in [0.29, 0.717) is 39.5 Å². The molecule has 2 amide bonds. The highest BCUT2D eigenvalue weighted by atomic mass is 32.1. The Morgan fingerprint density at radius 1 is 0.900 bits per heavy atom. The van der Waals surface area contributed by atoms with Crippen LogP contribution in [0.15, 0.2) is 0 Å². The van der Waals surface area contributed by atoms with Gasteiger partial charge in [0.05, 0.1) is 26.4 Å². The molecule has 20 heavy (non-hydrogen) atoms. The number of hydrogen-bond donors (Lipinski definition) is 3. The molecule has 0 aromatic rings. The van der Waals surface area contributed by atoms with Gasteiger partial charge in [0, 0.05) is 23.9 Å². The number of rotatable bonds is 11. The molecule has 0 aromatic carbocycles. The van der Waals surface area contributed by atoms with Gasteiger partial charge < -0.3 is 25.4 Å². The van der Waals surface area contributed by atoms with E-state index >= 15 is 0 Å². The molecule has 0 rings (SSSR count). The summed E-state index contributed by atoms with van der Waals surface area (Å²) < 4.78 is 10.6. The van der Waals surface area contributed by atoms with Gasteiger partial charge in [0.25, 0.3) is 0 Å². The zero-order chi connectivity index (χ0) is 14.8. The molecule has 0 atom stereocenters. The van der Waals surface area contributed by atoms with E-state index in [0.717, 1.165) is 13.1 Å². The van der Waals surface area contributed by atoms with Crippen molar-refractivity contribution in [2.75, 3.05) is 52.6 Å². The van der Waals surface area contributed by atoms with E-state index < -0.39 is 0 Å². The summed E-state index contributed by atoms with van der Waals surface area (Å²) in [5.41, 5.74) is 0. The van der Waals surface area contributed by atoms with Crippen molar-refractivity contribution in [2.45, 2.75) is 27.7 Å². The van der Waals surface area contributed by atoms with Crippen LogP contribution in [0.1, 0.15) is 32.0 Å². The summed E-state index contributed by atoms with van der Waals surface area (Å²) in [6.07, 6.45) is 0. The largest absolute Gasteiger partial charge is 0.378 e. The summed E-state index contributed by atoms with van der Waals surface area (Å²) in [5, 5.41) is 8.48. The average molecular weight is 318 g/mol. The van der Waals surface area contributed by atoms with Crippen LogP contribution >= 0.6 is 13.5 Å². The van der Waals surface area contributed by atoms with Gasteiger partial charge in [-0.25, -0.2) is 4.79 Å². The van der Waals surface area contributed by atoms with E-state index in [-0.39, 0.29) is 23.8 Å². The minimum atomic E-state index is -0.155. The molecule has 0 heterocycles. The summed E-state index contributed by atoms with van der Waals surface area (Å²) in [7, 11) is 0. The Balaban J connectivity index is -0.000000115. The first-order chi connectivity index (χ1) is 9.31. The third-order valence-corrected chi connectivity index (χ3v) is 1.91. The molecule has 3 N–H and O–H groups in total. The molecule has 0 bridgehead atoms. The van der Waals surface area contributed by atoms with E-state index in [4.69, 9.17) is 9.47 Å².